The van der Waals surface area contributed by atoms with Crippen LogP contribution in [0.2, 0.25) is 0 Å². The zero-order valence-electron chi connectivity index (χ0n) is 17.4. The van der Waals surface area contributed by atoms with Gasteiger partial charge in [-0.25, -0.2) is 13.1 Å². The highest BCUT2D eigenvalue weighted by molar-refractivity contribution is 7.88. The van der Waals surface area contributed by atoms with Gasteiger partial charge in [0.2, 0.25) is 10.0 Å². The summed E-state index contributed by atoms with van der Waals surface area (Å²) in [5.74, 6) is 0.0116. The minimum Gasteiger partial charge on any atom is -0.361 e. The Kier molecular flexibility index (Phi) is 11.1. The molecule has 11 nitrogen and oxygen atoms in total. The van der Waals surface area contributed by atoms with E-state index in [4.69, 9.17) is 9.11 Å². The maximum absolute atomic E-state index is 11.6. The fourth-order valence-electron chi connectivity index (χ4n) is 2.16. The van der Waals surface area contributed by atoms with E-state index >= 15 is 0 Å². The molecule has 0 aliphatic rings. The summed E-state index contributed by atoms with van der Waals surface area (Å²) >= 11 is 0. The van der Waals surface area contributed by atoms with E-state index in [1.807, 2.05) is 38.5 Å². The standard InChI is InChI=1S/C14H21N3O2S.2CH4O3S/c1-15-20(18,19)10-11-4-5-14-13(8-11)12(9-16-14)6-7-17(2)3;2*1-5(2,3)4/h4-5,8-9,15-16H,6-7,10H2,1-3H3;2*1H3,(H,2,3,4). The van der Waals surface area contributed by atoms with Gasteiger partial charge in [-0.1, -0.05) is 6.07 Å². The molecular weight excluding hydrogens is 458 g/mol. The molecule has 0 aliphatic carbocycles. The highest BCUT2D eigenvalue weighted by atomic mass is 32.2. The number of likely N-dealkylation sites (N-methyl/N-ethyl adjacent to an activating group) is 1. The van der Waals surface area contributed by atoms with Crippen molar-refractivity contribution in [1.29, 1.82) is 0 Å². The molecule has 14 heteroatoms. The molecule has 4 N–H and O–H groups in total. The van der Waals surface area contributed by atoms with E-state index in [1.165, 1.54) is 12.6 Å². The predicted octanol–water partition coefficient (Wildman–Crippen LogP) is 0.329. The van der Waals surface area contributed by atoms with Gasteiger partial charge in [-0.15, -0.1) is 0 Å². The van der Waals surface area contributed by atoms with E-state index in [9.17, 15) is 25.3 Å². The number of nitrogens with zero attached hydrogens (tertiary/aromatic N) is 1. The van der Waals surface area contributed by atoms with Crippen molar-refractivity contribution in [2.75, 3.05) is 40.2 Å². The Bertz CT molecular complexity index is 1080. The summed E-state index contributed by atoms with van der Waals surface area (Å²) in [6.45, 7) is 0.964. The first-order chi connectivity index (χ1) is 13.4. The molecule has 0 spiro atoms. The smallest absolute Gasteiger partial charge is 0.261 e. The van der Waals surface area contributed by atoms with Gasteiger partial charge >= 0.3 is 0 Å². The van der Waals surface area contributed by atoms with Crippen molar-refractivity contribution in [3.63, 3.8) is 0 Å². The van der Waals surface area contributed by atoms with Crippen LogP contribution in [0.3, 0.4) is 0 Å². The fourth-order valence-corrected chi connectivity index (χ4v) is 2.92. The Morgan fingerprint density at radius 3 is 1.93 bits per heavy atom. The molecule has 0 unspecified atom stereocenters. The Labute approximate surface area is 178 Å². The molecule has 0 amide bonds. The number of hydrogen-bond donors (Lipinski definition) is 4. The van der Waals surface area contributed by atoms with Crippen LogP contribution in [0.1, 0.15) is 11.1 Å². The van der Waals surface area contributed by atoms with Crippen molar-refractivity contribution in [2.45, 2.75) is 12.2 Å². The van der Waals surface area contributed by atoms with Crippen molar-refractivity contribution in [3.8, 4) is 0 Å². The molecule has 30 heavy (non-hydrogen) atoms. The van der Waals surface area contributed by atoms with E-state index < -0.39 is 30.3 Å². The van der Waals surface area contributed by atoms with Gasteiger partial charge in [-0.2, -0.15) is 16.8 Å². The fraction of sp³-hybridized carbons (Fsp3) is 0.500. The zero-order chi connectivity index (χ0) is 23.8. The quantitative estimate of drug-likeness (QED) is 0.419. The lowest BCUT2D eigenvalue weighted by Gasteiger charge is -2.08. The first kappa shape index (κ1) is 28.5. The number of benzene rings is 1. The van der Waals surface area contributed by atoms with Crippen LogP contribution in [0.15, 0.2) is 24.4 Å². The predicted molar refractivity (Wildman–Crippen MR) is 117 cm³/mol. The summed E-state index contributed by atoms with van der Waals surface area (Å²) in [5, 5.41) is 1.11. The van der Waals surface area contributed by atoms with Crippen molar-refractivity contribution in [3.05, 3.63) is 35.5 Å². The van der Waals surface area contributed by atoms with Gasteiger partial charge in [0.25, 0.3) is 20.2 Å². The van der Waals surface area contributed by atoms with Gasteiger partial charge in [0.1, 0.15) is 0 Å². The molecule has 0 saturated carbocycles. The number of hydrogen-bond acceptors (Lipinski definition) is 7. The van der Waals surface area contributed by atoms with Gasteiger partial charge in [-0.3, -0.25) is 9.11 Å². The van der Waals surface area contributed by atoms with Crippen LogP contribution in [0, 0.1) is 0 Å². The third-order valence-corrected chi connectivity index (χ3v) is 4.66. The lowest BCUT2D eigenvalue weighted by atomic mass is 10.1. The van der Waals surface area contributed by atoms with Crippen LogP contribution < -0.4 is 4.72 Å². The Morgan fingerprint density at radius 2 is 1.50 bits per heavy atom. The van der Waals surface area contributed by atoms with Crippen molar-refractivity contribution >= 4 is 41.2 Å². The molecule has 1 aromatic carbocycles. The van der Waals surface area contributed by atoms with E-state index in [2.05, 4.69) is 14.6 Å². The first-order valence-electron chi connectivity index (χ1n) is 8.41. The highest BCUT2D eigenvalue weighted by Crippen LogP contribution is 2.21. The lowest BCUT2D eigenvalue weighted by Crippen LogP contribution is -2.20. The topological polar surface area (TPSA) is 174 Å². The van der Waals surface area contributed by atoms with Gasteiger partial charge < -0.3 is 9.88 Å². The summed E-state index contributed by atoms with van der Waals surface area (Å²) in [4.78, 5) is 5.37. The Balaban J connectivity index is 0.000000702. The van der Waals surface area contributed by atoms with Gasteiger partial charge in [0, 0.05) is 23.6 Å². The molecule has 0 aliphatic heterocycles. The van der Waals surface area contributed by atoms with E-state index in [-0.39, 0.29) is 5.75 Å². The summed E-state index contributed by atoms with van der Waals surface area (Å²) in [5.41, 5.74) is 3.07. The molecule has 0 radical (unpaired) electrons. The number of aromatic amines is 1. The minimum absolute atomic E-state index is 0.0116. The van der Waals surface area contributed by atoms with Crippen LogP contribution >= 0.6 is 0 Å². The van der Waals surface area contributed by atoms with Gasteiger partial charge in [0.15, 0.2) is 0 Å². The summed E-state index contributed by atoms with van der Waals surface area (Å²) < 4.78 is 77.3. The van der Waals surface area contributed by atoms with Gasteiger partial charge in [0.05, 0.1) is 18.3 Å². The highest BCUT2D eigenvalue weighted by Gasteiger charge is 2.11. The van der Waals surface area contributed by atoms with Crippen molar-refractivity contribution in [2.24, 2.45) is 0 Å². The average molecular weight is 488 g/mol. The number of aromatic nitrogens is 1. The maximum atomic E-state index is 11.6. The second-order valence-electron chi connectivity index (χ2n) is 6.68. The van der Waals surface area contributed by atoms with Crippen LogP contribution in [0.4, 0.5) is 0 Å². The van der Waals surface area contributed by atoms with Crippen molar-refractivity contribution in [1.82, 2.24) is 14.6 Å². The minimum atomic E-state index is -3.67. The average Bonchev–Trinajstić information content (AvgIpc) is 2.91. The molecule has 0 atom stereocenters. The molecule has 0 saturated heterocycles. The summed E-state index contributed by atoms with van der Waals surface area (Å²) in [6.07, 6.45) is 4.37. The number of fused-ring (bicyclic) bond motifs is 1. The lowest BCUT2D eigenvalue weighted by molar-refractivity contribution is 0.414. The van der Waals surface area contributed by atoms with Crippen LogP contribution in [-0.2, 0) is 42.4 Å². The summed E-state index contributed by atoms with van der Waals surface area (Å²) in [6, 6.07) is 5.75. The third kappa shape index (κ3) is 15.3. The second kappa shape index (κ2) is 11.7. The number of nitrogens with one attached hydrogen (secondary N) is 2. The molecule has 1 heterocycles. The SMILES string of the molecule is CNS(=O)(=O)Cc1ccc2[nH]cc(CCN(C)C)c2c1.CS(=O)(=O)O.CS(=O)(=O)O. The molecule has 0 fully saturated rings. The summed E-state index contributed by atoms with van der Waals surface area (Å²) in [7, 11) is -5.04. The van der Waals surface area contributed by atoms with Crippen molar-refractivity contribution < 1.29 is 34.4 Å². The number of sulfonamides is 1. The Morgan fingerprint density at radius 1 is 1.00 bits per heavy atom. The second-order valence-corrected chi connectivity index (χ2v) is 11.5. The van der Waals surface area contributed by atoms with Crippen LogP contribution in [-0.4, -0.2) is 84.4 Å². The monoisotopic (exact) mass is 487 g/mol. The number of rotatable bonds is 6. The maximum Gasteiger partial charge on any atom is 0.261 e. The largest absolute Gasteiger partial charge is 0.361 e. The molecule has 0 bridgehead atoms. The third-order valence-electron chi connectivity index (χ3n) is 3.33. The number of H-pyrrole nitrogens is 1. The van der Waals surface area contributed by atoms with E-state index in [0.717, 1.165) is 29.4 Å². The molecule has 1 aromatic heterocycles. The van der Waals surface area contributed by atoms with E-state index in [0.29, 0.717) is 12.5 Å². The van der Waals surface area contributed by atoms with Crippen LogP contribution in [0.25, 0.3) is 10.9 Å². The Hall–Kier alpha value is -1.55. The molecule has 2 rings (SSSR count). The molecular formula is C16H29N3O8S3. The zero-order valence-corrected chi connectivity index (χ0v) is 19.9. The van der Waals surface area contributed by atoms with Gasteiger partial charge in [-0.05, 0) is 50.8 Å². The molecule has 174 valence electrons. The van der Waals surface area contributed by atoms with Crippen LogP contribution in [0.5, 0.6) is 0 Å². The van der Waals surface area contributed by atoms with E-state index in [1.54, 1.807) is 0 Å². The molecule has 2 aromatic rings. The first-order valence-corrected chi connectivity index (χ1v) is 13.8. The normalized spacial score (nSPS) is 12.1.